The van der Waals surface area contributed by atoms with Gasteiger partial charge in [0.2, 0.25) is 0 Å². The van der Waals surface area contributed by atoms with E-state index in [2.05, 4.69) is 45.1 Å². The second kappa shape index (κ2) is 48.6. The van der Waals surface area contributed by atoms with E-state index in [-0.39, 0.29) is 31.1 Å². The van der Waals surface area contributed by atoms with E-state index in [9.17, 15) is 14.4 Å². The number of hydrogen-bond donors (Lipinski definition) is 0. The second-order valence-electron chi connectivity index (χ2n) is 17.4. The first kappa shape index (κ1) is 56.9. The van der Waals surface area contributed by atoms with Crippen LogP contribution in [0.15, 0.2) is 24.3 Å². The first-order chi connectivity index (χ1) is 29.0. The maximum absolute atomic E-state index is 12.7. The lowest BCUT2D eigenvalue weighted by Gasteiger charge is -2.18. The van der Waals surface area contributed by atoms with Crippen molar-refractivity contribution >= 4 is 17.9 Å². The first-order valence-electron chi connectivity index (χ1n) is 25.8. The Kier molecular flexibility index (Phi) is 46.8. The van der Waals surface area contributed by atoms with Gasteiger partial charge in [-0.2, -0.15) is 0 Å². The Labute approximate surface area is 366 Å². The molecule has 0 N–H and O–H groups in total. The highest BCUT2D eigenvalue weighted by atomic mass is 16.6. The third kappa shape index (κ3) is 46.8. The molecule has 0 aliphatic rings. The number of unbranched alkanes of at least 4 members (excludes halogenated alkanes) is 32. The molecule has 0 rings (SSSR count). The van der Waals surface area contributed by atoms with Crippen molar-refractivity contribution in [2.24, 2.45) is 0 Å². The van der Waals surface area contributed by atoms with Crippen LogP contribution in [-0.2, 0) is 28.6 Å². The number of rotatable bonds is 47. The van der Waals surface area contributed by atoms with Crippen LogP contribution >= 0.6 is 0 Å². The molecule has 0 bridgehead atoms. The van der Waals surface area contributed by atoms with Gasteiger partial charge in [-0.1, -0.05) is 212 Å². The van der Waals surface area contributed by atoms with Crippen molar-refractivity contribution in [3.63, 3.8) is 0 Å². The Morgan fingerprint density at radius 3 is 0.881 bits per heavy atom. The van der Waals surface area contributed by atoms with Crippen molar-refractivity contribution in [2.75, 3.05) is 13.2 Å². The van der Waals surface area contributed by atoms with Gasteiger partial charge in [-0.25, -0.2) is 0 Å². The average molecular weight is 831 g/mol. The zero-order chi connectivity index (χ0) is 43.0. The molecule has 59 heavy (non-hydrogen) atoms. The van der Waals surface area contributed by atoms with Crippen molar-refractivity contribution in [1.29, 1.82) is 0 Å². The number of allylic oxidation sites excluding steroid dienone is 4. The summed E-state index contributed by atoms with van der Waals surface area (Å²) < 4.78 is 16.7. The van der Waals surface area contributed by atoms with Crippen molar-refractivity contribution in [1.82, 2.24) is 0 Å². The van der Waals surface area contributed by atoms with E-state index in [0.717, 1.165) is 64.2 Å². The molecule has 0 spiro atoms. The van der Waals surface area contributed by atoms with E-state index >= 15 is 0 Å². The van der Waals surface area contributed by atoms with Gasteiger partial charge in [0.15, 0.2) is 6.10 Å². The standard InChI is InChI=1S/C53H98O6/c1-4-7-10-13-16-18-20-22-23-24-25-26-27-28-29-30-31-32-34-35-37-40-43-46-52(55)58-49-50(48-57-51(54)45-42-39-15-12-9-6-3)59-53(56)47-44-41-38-36-33-21-19-17-14-11-8-5-2/h17,19,24-25,50H,4-16,18,20-23,26-49H2,1-3H3/b19-17-,25-24-. The zero-order valence-corrected chi connectivity index (χ0v) is 39.5. The van der Waals surface area contributed by atoms with Crippen LogP contribution in [0.5, 0.6) is 0 Å². The smallest absolute Gasteiger partial charge is 0.306 e. The van der Waals surface area contributed by atoms with E-state index in [1.807, 2.05) is 0 Å². The maximum atomic E-state index is 12.7. The van der Waals surface area contributed by atoms with Crippen LogP contribution in [0.2, 0.25) is 0 Å². The van der Waals surface area contributed by atoms with E-state index in [1.165, 1.54) is 173 Å². The highest BCUT2D eigenvalue weighted by molar-refractivity contribution is 5.71. The summed E-state index contributed by atoms with van der Waals surface area (Å²) in [6.45, 7) is 6.56. The molecule has 1 atom stereocenters. The summed E-state index contributed by atoms with van der Waals surface area (Å²) in [5, 5.41) is 0. The van der Waals surface area contributed by atoms with Crippen molar-refractivity contribution < 1.29 is 28.6 Å². The number of esters is 3. The molecule has 346 valence electrons. The molecule has 0 aliphatic heterocycles. The molecule has 0 aromatic rings. The summed E-state index contributed by atoms with van der Waals surface area (Å²) in [5.74, 6) is -0.883. The number of ether oxygens (including phenoxy) is 3. The quantitative estimate of drug-likeness (QED) is 0.0263. The predicted octanol–water partition coefficient (Wildman–Crippen LogP) is 16.8. The molecule has 1 unspecified atom stereocenters. The second-order valence-corrected chi connectivity index (χ2v) is 17.4. The van der Waals surface area contributed by atoms with E-state index in [0.29, 0.717) is 19.3 Å². The van der Waals surface area contributed by atoms with Crippen LogP contribution in [0.1, 0.15) is 278 Å². The van der Waals surface area contributed by atoms with Gasteiger partial charge in [0.05, 0.1) is 0 Å². The van der Waals surface area contributed by atoms with Crippen LogP contribution < -0.4 is 0 Å². The van der Waals surface area contributed by atoms with Crippen molar-refractivity contribution in [2.45, 2.75) is 284 Å². The lowest BCUT2D eigenvalue weighted by Crippen LogP contribution is -2.30. The van der Waals surface area contributed by atoms with Gasteiger partial charge in [0.1, 0.15) is 13.2 Å². The third-order valence-electron chi connectivity index (χ3n) is 11.4. The molecule has 6 heteroatoms. The summed E-state index contributed by atoms with van der Waals surface area (Å²) in [7, 11) is 0. The summed E-state index contributed by atoms with van der Waals surface area (Å²) >= 11 is 0. The van der Waals surface area contributed by atoms with Crippen LogP contribution in [0.3, 0.4) is 0 Å². The zero-order valence-electron chi connectivity index (χ0n) is 39.5. The molecule has 0 fully saturated rings. The lowest BCUT2D eigenvalue weighted by molar-refractivity contribution is -0.167. The van der Waals surface area contributed by atoms with Crippen LogP contribution in [0.25, 0.3) is 0 Å². The molecule has 0 aromatic carbocycles. The Hall–Kier alpha value is -2.11. The minimum Gasteiger partial charge on any atom is -0.462 e. The molecular weight excluding hydrogens is 733 g/mol. The van der Waals surface area contributed by atoms with Crippen LogP contribution in [0, 0.1) is 0 Å². The topological polar surface area (TPSA) is 78.9 Å². The Morgan fingerprint density at radius 1 is 0.322 bits per heavy atom. The molecule has 0 heterocycles. The summed E-state index contributed by atoms with van der Waals surface area (Å²) in [4.78, 5) is 37.6. The number of hydrogen-bond acceptors (Lipinski definition) is 6. The monoisotopic (exact) mass is 831 g/mol. The summed E-state index contributed by atoms with van der Waals surface area (Å²) in [6, 6.07) is 0. The predicted molar refractivity (Wildman–Crippen MR) is 252 cm³/mol. The van der Waals surface area contributed by atoms with Crippen LogP contribution in [0.4, 0.5) is 0 Å². The average Bonchev–Trinajstić information content (AvgIpc) is 3.23. The fourth-order valence-corrected chi connectivity index (χ4v) is 7.49. The lowest BCUT2D eigenvalue weighted by atomic mass is 10.0. The molecular formula is C53H98O6. The first-order valence-corrected chi connectivity index (χ1v) is 25.8. The maximum Gasteiger partial charge on any atom is 0.306 e. The van der Waals surface area contributed by atoms with Gasteiger partial charge in [-0.3, -0.25) is 14.4 Å². The van der Waals surface area contributed by atoms with E-state index in [4.69, 9.17) is 14.2 Å². The molecule has 0 aromatic heterocycles. The fraction of sp³-hybridized carbons (Fsp3) is 0.868. The van der Waals surface area contributed by atoms with Gasteiger partial charge < -0.3 is 14.2 Å². The van der Waals surface area contributed by atoms with E-state index < -0.39 is 6.10 Å². The molecule has 0 saturated heterocycles. The third-order valence-corrected chi connectivity index (χ3v) is 11.4. The molecule has 0 radical (unpaired) electrons. The highest BCUT2D eigenvalue weighted by Crippen LogP contribution is 2.15. The van der Waals surface area contributed by atoms with Gasteiger partial charge >= 0.3 is 17.9 Å². The molecule has 0 amide bonds. The minimum atomic E-state index is -0.768. The molecule has 0 saturated carbocycles. The van der Waals surface area contributed by atoms with Crippen molar-refractivity contribution in [3.05, 3.63) is 24.3 Å². The Bertz CT molecular complexity index is 958. The molecule has 0 aliphatic carbocycles. The minimum absolute atomic E-state index is 0.0725. The van der Waals surface area contributed by atoms with Gasteiger partial charge in [-0.15, -0.1) is 0 Å². The van der Waals surface area contributed by atoms with Gasteiger partial charge in [0.25, 0.3) is 0 Å². The Morgan fingerprint density at radius 2 is 0.559 bits per heavy atom. The van der Waals surface area contributed by atoms with Gasteiger partial charge in [-0.05, 0) is 70.6 Å². The summed E-state index contributed by atoms with van der Waals surface area (Å²) in [5.41, 5.74) is 0. The molecule has 6 nitrogen and oxygen atoms in total. The number of carbonyl (C=O) groups is 3. The number of carbonyl (C=O) groups excluding carboxylic acids is 3. The SMILES string of the molecule is CCCCC/C=C\CCCCCCCC(=O)OC(COC(=O)CCCCCCCC)COC(=O)CCCCCCCCCCCCC/C=C\CCCCCCCCCC. The summed E-state index contributed by atoms with van der Waals surface area (Å²) in [6.07, 6.45) is 54.8. The largest absolute Gasteiger partial charge is 0.462 e. The normalized spacial score (nSPS) is 12.1. The fourth-order valence-electron chi connectivity index (χ4n) is 7.49. The van der Waals surface area contributed by atoms with E-state index in [1.54, 1.807) is 0 Å². The highest BCUT2D eigenvalue weighted by Gasteiger charge is 2.19. The van der Waals surface area contributed by atoms with Crippen molar-refractivity contribution in [3.8, 4) is 0 Å². The van der Waals surface area contributed by atoms with Crippen LogP contribution in [-0.4, -0.2) is 37.2 Å². The van der Waals surface area contributed by atoms with Gasteiger partial charge in [0, 0.05) is 19.3 Å². The Balaban J connectivity index is 4.09.